The number of aliphatic carboxylic acids is 1. The molecule has 2 heterocycles. The highest BCUT2D eigenvalue weighted by Gasteiger charge is 2.37. The van der Waals surface area contributed by atoms with Gasteiger partial charge in [0.2, 0.25) is 5.91 Å². The Balaban J connectivity index is 1.29. The summed E-state index contributed by atoms with van der Waals surface area (Å²) in [5, 5.41) is 13.0. The number of aromatic amines is 1. The maximum Gasteiger partial charge on any atom is 0.326 e. The average Bonchev–Trinajstić information content (AvgIpc) is 3.57. The van der Waals surface area contributed by atoms with E-state index >= 15 is 0 Å². The number of carbonyl (C=O) groups excluding carboxylic acids is 2. The highest BCUT2D eigenvalue weighted by atomic mass is 35.5. The van der Waals surface area contributed by atoms with Crippen LogP contribution in [-0.2, 0) is 29.0 Å². The first-order chi connectivity index (χ1) is 21.4. The van der Waals surface area contributed by atoms with Gasteiger partial charge in [-0.2, -0.15) is 0 Å². The fraction of sp³-hybridized carbons (Fsp3) is 0.143. The average molecular weight is 605 g/mol. The lowest BCUT2D eigenvalue weighted by Crippen LogP contribution is -2.55. The van der Waals surface area contributed by atoms with Gasteiger partial charge in [-0.1, -0.05) is 90.5 Å². The molecule has 2 unspecified atom stereocenters. The molecule has 9 heteroatoms. The Morgan fingerprint density at radius 2 is 1.59 bits per heavy atom. The number of carbonyl (C=O) groups is 3. The molecule has 220 valence electrons. The second-order valence-corrected chi connectivity index (χ2v) is 11.1. The van der Waals surface area contributed by atoms with E-state index in [4.69, 9.17) is 11.6 Å². The third kappa shape index (κ3) is 6.11. The Morgan fingerprint density at radius 1 is 0.909 bits per heavy atom. The van der Waals surface area contributed by atoms with Gasteiger partial charge in [0.05, 0.1) is 12.0 Å². The summed E-state index contributed by atoms with van der Waals surface area (Å²) in [5.41, 5.74) is 6.45. The van der Waals surface area contributed by atoms with Crippen molar-refractivity contribution in [3.63, 3.8) is 0 Å². The summed E-state index contributed by atoms with van der Waals surface area (Å²) in [4.78, 5) is 48.2. The zero-order valence-electron chi connectivity index (χ0n) is 23.6. The summed E-state index contributed by atoms with van der Waals surface area (Å²) in [6.45, 7) is 0.202. The largest absolute Gasteiger partial charge is 0.480 e. The highest BCUT2D eigenvalue weighted by Crippen LogP contribution is 2.32. The first-order valence-electron chi connectivity index (χ1n) is 14.2. The van der Waals surface area contributed by atoms with Crippen LogP contribution in [0.5, 0.6) is 0 Å². The molecule has 1 aliphatic heterocycles. The molecule has 0 spiro atoms. The molecule has 0 saturated heterocycles. The van der Waals surface area contributed by atoms with E-state index in [0.29, 0.717) is 21.8 Å². The molecule has 2 amide bonds. The van der Waals surface area contributed by atoms with Gasteiger partial charge in [0.15, 0.2) is 0 Å². The summed E-state index contributed by atoms with van der Waals surface area (Å²) in [7, 11) is 0. The number of benzene rings is 4. The third-order valence-electron chi connectivity index (χ3n) is 7.91. The molecular formula is C35H29ClN4O4. The number of aromatic nitrogens is 2. The molecule has 0 saturated carbocycles. The number of amides is 2. The normalized spacial score (nSPS) is 14.8. The molecular weight excluding hydrogens is 576 g/mol. The highest BCUT2D eigenvalue weighted by molar-refractivity contribution is 6.33. The van der Waals surface area contributed by atoms with E-state index in [0.717, 1.165) is 27.8 Å². The van der Waals surface area contributed by atoms with Gasteiger partial charge >= 0.3 is 5.97 Å². The predicted octanol–water partition coefficient (Wildman–Crippen LogP) is 5.78. The fourth-order valence-corrected chi connectivity index (χ4v) is 5.80. The summed E-state index contributed by atoms with van der Waals surface area (Å²) in [6.07, 6.45) is 3.30. The molecule has 0 aliphatic carbocycles. The number of rotatable bonds is 8. The topological polar surface area (TPSA) is 115 Å². The Morgan fingerprint density at radius 3 is 2.30 bits per heavy atom. The van der Waals surface area contributed by atoms with Crippen LogP contribution in [-0.4, -0.2) is 49.8 Å². The summed E-state index contributed by atoms with van der Waals surface area (Å²) in [6, 6.07) is 28.6. The fourth-order valence-electron chi connectivity index (χ4n) is 5.57. The molecule has 5 aromatic rings. The number of H-pyrrole nitrogens is 1. The third-order valence-corrected chi connectivity index (χ3v) is 8.24. The number of nitrogens with one attached hydrogen (secondary N) is 2. The maximum atomic E-state index is 14.1. The van der Waals surface area contributed by atoms with Crippen LogP contribution in [0.4, 0.5) is 0 Å². The number of hydrogen-bond donors (Lipinski definition) is 3. The van der Waals surface area contributed by atoms with Gasteiger partial charge in [-0.3, -0.25) is 9.59 Å². The van der Waals surface area contributed by atoms with Crippen LogP contribution in [0.25, 0.3) is 22.3 Å². The van der Waals surface area contributed by atoms with E-state index in [9.17, 15) is 19.5 Å². The van der Waals surface area contributed by atoms with E-state index in [1.807, 2.05) is 78.9 Å². The van der Waals surface area contributed by atoms with Crippen molar-refractivity contribution in [2.24, 2.45) is 0 Å². The minimum absolute atomic E-state index is 0.00539. The van der Waals surface area contributed by atoms with E-state index in [-0.39, 0.29) is 25.3 Å². The molecule has 44 heavy (non-hydrogen) atoms. The number of halogens is 1. The van der Waals surface area contributed by atoms with Crippen LogP contribution in [0.2, 0.25) is 5.02 Å². The number of nitrogens with zero attached hydrogens (tertiary/aromatic N) is 2. The zero-order chi connectivity index (χ0) is 30.6. The van der Waals surface area contributed by atoms with Crippen LogP contribution >= 0.6 is 11.6 Å². The monoisotopic (exact) mass is 604 g/mol. The second-order valence-electron chi connectivity index (χ2n) is 10.7. The van der Waals surface area contributed by atoms with Gasteiger partial charge < -0.3 is 20.3 Å². The van der Waals surface area contributed by atoms with Crippen LogP contribution in [0, 0.1) is 0 Å². The van der Waals surface area contributed by atoms with Crippen molar-refractivity contribution in [2.45, 2.75) is 31.5 Å². The minimum atomic E-state index is -1.21. The van der Waals surface area contributed by atoms with Crippen LogP contribution in [0.1, 0.15) is 27.2 Å². The lowest BCUT2D eigenvalue weighted by Gasteiger charge is -2.36. The number of carboxylic acid groups (broad SMARTS) is 1. The summed E-state index contributed by atoms with van der Waals surface area (Å²) >= 11 is 6.62. The number of carboxylic acids is 1. The SMILES string of the molecule is O=C(O)C(Cc1c[nH]cn1)NC(=O)C1Cc2ccccc2CN1C(=O)c1ccc(Cl)c(-c2ccc(-c3ccccc3)cc2)c1. The molecule has 2 atom stereocenters. The smallest absolute Gasteiger partial charge is 0.326 e. The van der Waals surface area contributed by atoms with E-state index in [2.05, 4.69) is 15.3 Å². The quantitative estimate of drug-likeness (QED) is 0.208. The summed E-state index contributed by atoms with van der Waals surface area (Å²) < 4.78 is 0. The van der Waals surface area contributed by atoms with Crippen molar-refractivity contribution in [3.8, 4) is 22.3 Å². The lowest BCUT2D eigenvalue weighted by molar-refractivity contribution is -0.142. The molecule has 1 aliphatic rings. The number of fused-ring (bicyclic) bond motifs is 1. The van der Waals surface area contributed by atoms with Crippen molar-refractivity contribution >= 4 is 29.4 Å². The maximum absolute atomic E-state index is 14.1. The van der Waals surface area contributed by atoms with Crippen molar-refractivity contribution in [2.75, 3.05) is 0 Å². The van der Waals surface area contributed by atoms with E-state index in [1.54, 1.807) is 24.4 Å². The Hall–Kier alpha value is -5.21. The van der Waals surface area contributed by atoms with E-state index in [1.165, 1.54) is 11.2 Å². The molecule has 3 N–H and O–H groups in total. The molecule has 0 fully saturated rings. The first-order valence-corrected chi connectivity index (χ1v) is 14.6. The molecule has 6 rings (SSSR count). The van der Waals surface area contributed by atoms with Crippen LogP contribution in [0.15, 0.2) is 110 Å². The molecule has 4 aromatic carbocycles. The van der Waals surface area contributed by atoms with Crippen LogP contribution in [0.3, 0.4) is 0 Å². The zero-order valence-corrected chi connectivity index (χ0v) is 24.4. The van der Waals surface area contributed by atoms with Crippen molar-refractivity contribution in [1.29, 1.82) is 0 Å². The second kappa shape index (κ2) is 12.6. The minimum Gasteiger partial charge on any atom is -0.480 e. The van der Waals surface area contributed by atoms with Gasteiger partial charge in [-0.15, -0.1) is 0 Å². The molecule has 8 nitrogen and oxygen atoms in total. The Bertz CT molecular complexity index is 1810. The number of hydrogen-bond acceptors (Lipinski definition) is 4. The van der Waals surface area contributed by atoms with Gasteiger partial charge in [-0.05, 0) is 46.0 Å². The first kappa shape index (κ1) is 28.9. The van der Waals surface area contributed by atoms with Gasteiger partial charge in [0, 0.05) is 41.7 Å². The summed E-state index contributed by atoms with van der Waals surface area (Å²) in [5.74, 6) is -2.07. The molecule has 0 radical (unpaired) electrons. The van der Waals surface area contributed by atoms with Crippen molar-refractivity contribution in [3.05, 3.63) is 137 Å². The molecule has 0 bridgehead atoms. The Labute approximate surface area is 259 Å². The van der Waals surface area contributed by atoms with Crippen LogP contribution < -0.4 is 5.32 Å². The van der Waals surface area contributed by atoms with Gasteiger partial charge in [0.25, 0.3) is 5.91 Å². The molecule has 1 aromatic heterocycles. The predicted molar refractivity (Wildman–Crippen MR) is 168 cm³/mol. The van der Waals surface area contributed by atoms with Crippen molar-refractivity contribution < 1.29 is 19.5 Å². The van der Waals surface area contributed by atoms with Crippen molar-refractivity contribution in [1.82, 2.24) is 20.2 Å². The number of imidazole rings is 1. The standard InChI is InChI=1S/C35H29ClN4O4/c36-30-15-14-26(16-29(30)24-12-10-23(11-13-24)22-6-2-1-3-7-22)34(42)40-20-27-9-5-4-8-25(27)17-32(40)33(41)39-31(35(43)44)18-28-19-37-21-38-28/h1-16,19,21,31-32H,17-18,20H2,(H,37,38)(H,39,41)(H,43,44). The van der Waals surface area contributed by atoms with Gasteiger partial charge in [0.1, 0.15) is 12.1 Å². The Kier molecular flexibility index (Phi) is 8.25. The lowest BCUT2D eigenvalue weighted by atomic mass is 9.92. The van der Waals surface area contributed by atoms with E-state index < -0.39 is 24.0 Å². The van der Waals surface area contributed by atoms with Gasteiger partial charge in [-0.25, -0.2) is 9.78 Å².